The standard InChI is InChI=1S/C13H23NO2/c1-3-11-8-14(9-11)13(12(15)16)6-4-5-10(2)7-13/h10-11H,3-9H2,1-2H3,(H,15,16). The molecule has 1 saturated carbocycles. The van der Waals surface area contributed by atoms with Gasteiger partial charge in [-0.1, -0.05) is 33.1 Å². The first-order valence-electron chi connectivity index (χ1n) is 6.57. The molecule has 0 aromatic carbocycles. The number of aliphatic carboxylic acids is 1. The zero-order valence-electron chi connectivity index (χ0n) is 10.4. The summed E-state index contributed by atoms with van der Waals surface area (Å²) >= 11 is 0. The van der Waals surface area contributed by atoms with Gasteiger partial charge in [0.2, 0.25) is 0 Å². The van der Waals surface area contributed by atoms with Crippen molar-refractivity contribution >= 4 is 5.97 Å². The zero-order chi connectivity index (χ0) is 11.8. The lowest BCUT2D eigenvalue weighted by molar-refractivity contribution is -0.162. The Morgan fingerprint density at radius 2 is 2.19 bits per heavy atom. The predicted octanol–water partition coefficient (Wildman–Crippen LogP) is 2.36. The zero-order valence-corrected chi connectivity index (χ0v) is 10.4. The molecule has 1 aliphatic carbocycles. The van der Waals surface area contributed by atoms with Gasteiger partial charge in [-0.3, -0.25) is 9.69 Å². The highest BCUT2D eigenvalue weighted by Crippen LogP contribution is 2.41. The van der Waals surface area contributed by atoms with E-state index in [0.29, 0.717) is 5.92 Å². The summed E-state index contributed by atoms with van der Waals surface area (Å²) in [5.41, 5.74) is -0.524. The molecule has 0 bridgehead atoms. The van der Waals surface area contributed by atoms with Gasteiger partial charge in [-0.25, -0.2) is 0 Å². The van der Waals surface area contributed by atoms with Crippen LogP contribution in [0, 0.1) is 11.8 Å². The summed E-state index contributed by atoms with van der Waals surface area (Å²) in [5, 5.41) is 9.56. The molecule has 2 rings (SSSR count). The van der Waals surface area contributed by atoms with Gasteiger partial charge in [-0.05, 0) is 24.7 Å². The van der Waals surface area contributed by atoms with E-state index in [1.807, 2.05) is 0 Å². The summed E-state index contributed by atoms with van der Waals surface area (Å²) in [7, 11) is 0. The quantitative estimate of drug-likeness (QED) is 0.801. The highest BCUT2D eigenvalue weighted by molar-refractivity contribution is 5.79. The Bertz CT molecular complexity index is 273. The summed E-state index contributed by atoms with van der Waals surface area (Å²) in [6, 6.07) is 0. The van der Waals surface area contributed by atoms with Crippen LogP contribution in [0.3, 0.4) is 0 Å². The van der Waals surface area contributed by atoms with Gasteiger partial charge in [-0.2, -0.15) is 0 Å². The van der Waals surface area contributed by atoms with Crippen molar-refractivity contribution in [2.45, 2.75) is 51.5 Å². The summed E-state index contributed by atoms with van der Waals surface area (Å²) in [4.78, 5) is 13.8. The van der Waals surface area contributed by atoms with Crippen LogP contribution in [0.2, 0.25) is 0 Å². The van der Waals surface area contributed by atoms with E-state index in [0.717, 1.165) is 38.3 Å². The average Bonchev–Trinajstić information content (AvgIpc) is 2.15. The third-order valence-corrected chi connectivity index (χ3v) is 4.51. The summed E-state index contributed by atoms with van der Waals surface area (Å²) in [5.74, 6) is 0.701. The van der Waals surface area contributed by atoms with Crippen LogP contribution in [0.15, 0.2) is 0 Å². The van der Waals surface area contributed by atoms with Crippen molar-refractivity contribution in [3.05, 3.63) is 0 Å². The molecule has 0 amide bonds. The Hall–Kier alpha value is -0.570. The van der Waals surface area contributed by atoms with Crippen molar-refractivity contribution in [3.8, 4) is 0 Å². The minimum Gasteiger partial charge on any atom is -0.480 e. The second-order valence-corrected chi connectivity index (χ2v) is 5.72. The first-order valence-corrected chi connectivity index (χ1v) is 6.57. The summed E-state index contributed by atoms with van der Waals surface area (Å²) < 4.78 is 0. The second-order valence-electron chi connectivity index (χ2n) is 5.72. The third kappa shape index (κ3) is 1.86. The number of carbonyl (C=O) groups is 1. The van der Waals surface area contributed by atoms with Crippen LogP contribution in [0.25, 0.3) is 0 Å². The van der Waals surface area contributed by atoms with E-state index >= 15 is 0 Å². The van der Waals surface area contributed by atoms with E-state index in [-0.39, 0.29) is 0 Å². The highest BCUT2D eigenvalue weighted by atomic mass is 16.4. The number of likely N-dealkylation sites (tertiary alicyclic amines) is 1. The molecule has 1 N–H and O–H groups in total. The number of carboxylic acid groups (broad SMARTS) is 1. The third-order valence-electron chi connectivity index (χ3n) is 4.51. The summed E-state index contributed by atoms with van der Waals surface area (Å²) in [6.45, 7) is 6.37. The molecule has 2 atom stereocenters. The monoisotopic (exact) mass is 225 g/mol. The van der Waals surface area contributed by atoms with E-state index in [2.05, 4.69) is 18.7 Å². The molecule has 0 radical (unpaired) electrons. The van der Waals surface area contributed by atoms with Crippen LogP contribution in [-0.4, -0.2) is 34.6 Å². The van der Waals surface area contributed by atoms with Crippen molar-refractivity contribution in [1.29, 1.82) is 0 Å². The fraction of sp³-hybridized carbons (Fsp3) is 0.923. The minimum atomic E-state index is -0.589. The van der Waals surface area contributed by atoms with Gasteiger partial charge in [0.1, 0.15) is 5.54 Å². The largest absolute Gasteiger partial charge is 0.480 e. The maximum Gasteiger partial charge on any atom is 0.324 e. The van der Waals surface area contributed by atoms with Crippen molar-refractivity contribution in [2.24, 2.45) is 11.8 Å². The Morgan fingerprint density at radius 3 is 2.69 bits per heavy atom. The van der Waals surface area contributed by atoms with Gasteiger partial charge in [0, 0.05) is 13.1 Å². The highest BCUT2D eigenvalue weighted by Gasteiger charge is 2.50. The van der Waals surface area contributed by atoms with Crippen LogP contribution < -0.4 is 0 Å². The lowest BCUT2D eigenvalue weighted by Crippen LogP contribution is -2.64. The topological polar surface area (TPSA) is 40.5 Å². The Balaban J connectivity index is 2.07. The van der Waals surface area contributed by atoms with Crippen LogP contribution in [-0.2, 0) is 4.79 Å². The molecular weight excluding hydrogens is 202 g/mol. The molecule has 1 aliphatic heterocycles. The van der Waals surface area contributed by atoms with E-state index in [1.165, 1.54) is 12.8 Å². The van der Waals surface area contributed by atoms with Crippen LogP contribution in [0.4, 0.5) is 0 Å². The normalized spacial score (nSPS) is 37.0. The second kappa shape index (κ2) is 4.36. The molecule has 0 spiro atoms. The van der Waals surface area contributed by atoms with Gasteiger partial charge in [-0.15, -0.1) is 0 Å². The van der Waals surface area contributed by atoms with E-state index in [9.17, 15) is 9.90 Å². The van der Waals surface area contributed by atoms with Crippen molar-refractivity contribution in [1.82, 2.24) is 4.90 Å². The molecule has 1 heterocycles. The van der Waals surface area contributed by atoms with Gasteiger partial charge < -0.3 is 5.11 Å². The van der Waals surface area contributed by atoms with Crippen molar-refractivity contribution in [2.75, 3.05) is 13.1 Å². The lowest BCUT2D eigenvalue weighted by Gasteiger charge is -2.52. The number of carboxylic acids is 1. The van der Waals surface area contributed by atoms with E-state index in [1.54, 1.807) is 0 Å². The molecule has 2 unspecified atom stereocenters. The number of nitrogens with zero attached hydrogens (tertiary/aromatic N) is 1. The Labute approximate surface area is 97.8 Å². The summed E-state index contributed by atoms with van der Waals surface area (Å²) in [6.07, 6.45) is 5.14. The van der Waals surface area contributed by atoms with E-state index < -0.39 is 11.5 Å². The molecule has 2 fully saturated rings. The SMILES string of the molecule is CCC1CN(C2(C(=O)O)CCCC(C)C2)C1. The van der Waals surface area contributed by atoms with Gasteiger partial charge in [0.05, 0.1) is 0 Å². The van der Waals surface area contributed by atoms with E-state index in [4.69, 9.17) is 0 Å². The van der Waals surface area contributed by atoms with Crippen LogP contribution in [0.5, 0.6) is 0 Å². The van der Waals surface area contributed by atoms with Gasteiger partial charge >= 0.3 is 5.97 Å². The number of hydrogen-bond acceptors (Lipinski definition) is 2. The molecule has 0 aromatic heterocycles. The first-order chi connectivity index (χ1) is 7.58. The van der Waals surface area contributed by atoms with Crippen molar-refractivity contribution < 1.29 is 9.90 Å². The van der Waals surface area contributed by atoms with Gasteiger partial charge in [0.15, 0.2) is 0 Å². The smallest absolute Gasteiger partial charge is 0.324 e. The lowest BCUT2D eigenvalue weighted by atomic mass is 9.73. The van der Waals surface area contributed by atoms with Crippen molar-refractivity contribution in [3.63, 3.8) is 0 Å². The molecule has 2 aliphatic rings. The molecule has 1 saturated heterocycles. The average molecular weight is 225 g/mol. The Kier molecular flexibility index (Phi) is 3.24. The van der Waals surface area contributed by atoms with Crippen LogP contribution in [0.1, 0.15) is 46.0 Å². The molecule has 3 nitrogen and oxygen atoms in total. The fourth-order valence-electron chi connectivity index (χ4n) is 3.32. The predicted molar refractivity (Wildman–Crippen MR) is 63.4 cm³/mol. The first kappa shape index (κ1) is 11.9. The minimum absolute atomic E-state index is 0.524. The molecule has 92 valence electrons. The molecular formula is C13H23NO2. The Morgan fingerprint density at radius 1 is 1.50 bits per heavy atom. The molecule has 0 aromatic rings. The number of hydrogen-bond donors (Lipinski definition) is 1. The maximum absolute atomic E-state index is 11.6. The van der Waals surface area contributed by atoms with Crippen LogP contribution >= 0.6 is 0 Å². The number of rotatable bonds is 3. The molecule has 16 heavy (non-hydrogen) atoms. The van der Waals surface area contributed by atoms with Gasteiger partial charge in [0.25, 0.3) is 0 Å². The maximum atomic E-state index is 11.6. The molecule has 3 heteroatoms. The fourth-order valence-corrected chi connectivity index (χ4v) is 3.32.